The number of carbonyl (C=O) groups excluding carboxylic acids is 2. The Balaban J connectivity index is 1.25. The summed E-state index contributed by atoms with van der Waals surface area (Å²) in [6, 6.07) is 7.88. The summed E-state index contributed by atoms with van der Waals surface area (Å²) in [5.74, 6) is 0.358. The zero-order chi connectivity index (χ0) is 25.5. The molecule has 4 aliphatic rings. The lowest BCUT2D eigenvalue weighted by Crippen LogP contribution is -2.61. The maximum Gasteiger partial charge on any atom is 0.178 e. The second-order valence-corrected chi connectivity index (χ2v) is 12.7. The second kappa shape index (κ2) is 8.14. The number of hydrogen-bond acceptors (Lipinski definition) is 6. The van der Waals surface area contributed by atoms with E-state index in [1.807, 2.05) is 48.9 Å². The topological polar surface area (TPSA) is 92.4 Å². The largest absolute Gasteiger partial charge is 0.393 e. The predicted octanol–water partition coefficient (Wildman–Crippen LogP) is 4.24. The summed E-state index contributed by atoms with van der Waals surface area (Å²) in [7, 11) is 1.95. The van der Waals surface area contributed by atoms with Gasteiger partial charge in [0.15, 0.2) is 16.7 Å². The fourth-order valence-electron chi connectivity index (χ4n) is 8.29. The normalized spacial score (nSPS) is 39.5. The molecule has 6 nitrogen and oxygen atoms in total. The summed E-state index contributed by atoms with van der Waals surface area (Å²) < 4.78 is 1.99. The lowest BCUT2D eigenvalue weighted by molar-refractivity contribution is -0.174. The van der Waals surface area contributed by atoms with E-state index in [0.717, 1.165) is 41.0 Å². The fraction of sp³-hybridized carbons (Fsp3) is 0.552. The molecule has 7 atom stereocenters. The van der Waals surface area contributed by atoms with Crippen LogP contribution in [0.15, 0.2) is 53.2 Å². The summed E-state index contributed by atoms with van der Waals surface area (Å²) in [4.78, 5) is 30.4. The van der Waals surface area contributed by atoms with Crippen molar-refractivity contribution in [1.29, 1.82) is 0 Å². The first-order chi connectivity index (χ1) is 17.1. The van der Waals surface area contributed by atoms with Crippen LogP contribution in [0.25, 0.3) is 11.0 Å². The highest BCUT2D eigenvalue weighted by molar-refractivity contribution is 7.99. The number of aromatic nitrogens is 2. The first-order valence-electron chi connectivity index (χ1n) is 13.0. The molecule has 6 rings (SSSR count). The van der Waals surface area contributed by atoms with Crippen LogP contribution < -0.4 is 0 Å². The summed E-state index contributed by atoms with van der Waals surface area (Å²) in [6.45, 7) is 4.17. The number of aliphatic hydroxyl groups is 2. The number of hydrogen-bond donors (Lipinski definition) is 2. The number of fused-ring (bicyclic) bond motifs is 6. The van der Waals surface area contributed by atoms with Gasteiger partial charge in [-0.05, 0) is 68.2 Å². The first kappa shape index (κ1) is 24.1. The highest BCUT2D eigenvalue weighted by Gasteiger charge is 2.68. The van der Waals surface area contributed by atoms with Crippen LogP contribution >= 0.6 is 11.8 Å². The van der Waals surface area contributed by atoms with Crippen LogP contribution in [-0.2, 0) is 16.6 Å². The lowest BCUT2D eigenvalue weighted by Gasteiger charge is -2.59. The zero-order valence-corrected chi connectivity index (χ0v) is 21.9. The number of carbonyl (C=O) groups is 2. The molecule has 0 bridgehead atoms. The monoisotopic (exact) mass is 506 g/mol. The maximum absolute atomic E-state index is 13.7. The third kappa shape index (κ3) is 3.21. The summed E-state index contributed by atoms with van der Waals surface area (Å²) in [5, 5.41) is 24.3. The Hall–Kier alpha value is -2.22. The fourth-order valence-corrected chi connectivity index (χ4v) is 9.24. The molecule has 0 amide bonds. The van der Waals surface area contributed by atoms with Gasteiger partial charge in [-0.3, -0.25) is 9.59 Å². The number of imidazole rings is 1. The van der Waals surface area contributed by atoms with Crippen molar-refractivity contribution in [3.63, 3.8) is 0 Å². The molecule has 1 heterocycles. The van der Waals surface area contributed by atoms with Crippen molar-refractivity contribution < 1.29 is 19.8 Å². The predicted molar refractivity (Wildman–Crippen MR) is 139 cm³/mol. The molecule has 2 aromatic rings. The van der Waals surface area contributed by atoms with Gasteiger partial charge in [0.2, 0.25) is 0 Å². The Morgan fingerprint density at radius 2 is 2.03 bits per heavy atom. The molecule has 36 heavy (non-hydrogen) atoms. The van der Waals surface area contributed by atoms with Crippen molar-refractivity contribution in [3.8, 4) is 0 Å². The van der Waals surface area contributed by atoms with Gasteiger partial charge in [-0.2, -0.15) is 0 Å². The summed E-state index contributed by atoms with van der Waals surface area (Å²) in [5.41, 5.74) is 0.527. The molecule has 0 aliphatic heterocycles. The third-order valence-electron chi connectivity index (χ3n) is 10.2. The quantitative estimate of drug-likeness (QED) is 0.603. The molecular formula is C29H34N2O4S. The smallest absolute Gasteiger partial charge is 0.178 e. The number of aliphatic hydroxyl groups excluding tert-OH is 1. The highest BCUT2D eigenvalue weighted by atomic mass is 32.2. The Bertz CT molecular complexity index is 1330. The Kier molecular flexibility index (Phi) is 5.46. The van der Waals surface area contributed by atoms with Crippen molar-refractivity contribution in [2.45, 2.75) is 62.8 Å². The van der Waals surface area contributed by atoms with Crippen molar-refractivity contribution in [2.75, 3.05) is 5.75 Å². The van der Waals surface area contributed by atoms with Gasteiger partial charge < -0.3 is 14.8 Å². The average Bonchev–Trinajstić information content (AvgIpc) is 3.31. The van der Waals surface area contributed by atoms with Crippen LogP contribution in [-0.4, -0.2) is 48.8 Å². The average molecular weight is 507 g/mol. The van der Waals surface area contributed by atoms with E-state index in [1.54, 1.807) is 12.2 Å². The molecular weight excluding hydrogens is 472 g/mol. The van der Waals surface area contributed by atoms with E-state index in [2.05, 4.69) is 11.9 Å². The van der Waals surface area contributed by atoms with E-state index >= 15 is 0 Å². The van der Waals surface area contributed by atoms with Gasteiger partial charge >= 0.3 is 0 Å². The molecule has 0 radical (unpaired) electrons. The highest BCUT2D eigenvalue weighted by Crippen LogP contribution is 2.67. The van der Waals surface area contributed by atoms with E-state index in [9.17, 15) is 19.8 Å². The standard InChI is InChI=1S/C29H34N2O4S/c1-27-12-10-18(32)14-17(27)8-9-19-20-11-13-29(35,28(20,2)15-23(33)25(19)27)24(34)16-36-26-30-21-6-4-5-7-22(21)31(26)3/h4-7,10,12,14,19-20,23,25,33,35H,8-9,11,13,15-16H2,1-3H3/t19?,20?,23-,25?,27?,28?,29-/m0/s1. The van der Waals surface area contributed by atoms with E-state index < -0.39 is 17.1 Å². The molecule has 7 heteroatoms. The minimum Gasteiger partial charge on any atom is -0.393 e. The van der Waals surface area contributed by atoms with Gasteiger partial charge in [-0.1, -0.05) is 49.4 Å². The van der Waals surface area contributed by atoms with Crippen LogP contribution in [0.5, 0.6) is 0 Å². The second-order valence-electron chi connectivity index (χ2n) is 11.8. The van der Waals surface area contributed by atoms with Crippen LogP contribution in [0, 0.1) is 28.6 Å². The van der Waals surface area contributed by atoms with Gasteiger partial charge in [0.25, 0.3) is 0 Å². The molecule has 3 fully saturated rings. The SMILES string of the molecule is Cn1c(SCC(=O)[C@@]2(O)CCC3C4CCC5=CC(=O)C=CC5(C)C4[C@@H](O)CC32C)nc2ccccc21. The zero-order valence-electron chi connectivity index (χ0n) is 21.1. The summed E-state index contributed by atoms with van der Waals surface area (Å²) >= 11 is 1.37. The van der Waals surface area contributed by atoms with Crippen molar-refractivity contribution in [1.82, 2.24) is 9.55 Å². The number of Topliss-reactive ketones (excluding diaryl/α,β-unsaturated/α-hetero) is 1. The van der Waals surface area contributed by atoms with Crippen molar-refractivity contribution in [3.05, 3.63) is 48.1 Å². The van der Waals surface area contributed by atoms with Gasteiger partial charge in [0.1, 0.15) is 5.60 Å². The minimum absolute atomic E-state index is 0.00764. The summed E-state index contributed by atoms with van der Waals surface area (Å²) in [6.07, 6.45) is 8.04. The molecule has 190 valence electrons. The van der Waals surface area contributed by atoms with Gasteiger partial charge in [-0.15, -0.1) is 0 Å². The van der Waals surface area contributed by atoms with E-state index in [-0.39, 0.29) is 40.5 Å². The van der Waals surface area contributed by atoms with Crippen LogP contribution in [0.3, 0.4) is 0 Å². The number of ketones is 2. The molecule has 5 unspecified atom stereocenters. The maximum atomic E-state index is 13.7. The van der Waals surface area contributed by atoms with Gasteiger partial charge in [0, 0.05) is 23.8 Å². The molecule has 1 aromatic heterocycles. The number of aryl methyl sites for hydroxylation is 1. The van der Waals surface area contributed by atoms with Gasteiger partial charge in [0.05, 0.1) is 22.9 Å². The van der Waals surface area contributed by atoms with Crippen molar-refractivity contribution >= 4 is 34.4 Å². The molecule has 0 spiro atoms. The molecule has 3 saturated carbocycles. The number of rotatable bonds is 4. The minimum atomic E-state index is -1.46. The number of para-hydroxylation sites is 2. The lowest BCUT2D eigenvalue weighted by atomic mass is 9.46. The Morgan fingerprint density at radius 3 is 2.81 bits per heavy atom. The first-order valence-corrected chi connectivity index (χ1v) is 14.0. The van der Waals surface area contributed by atoms with E-state index in [4.69, 9.17) is 0 Å². The number of nitrogens with zero attached hydrogens (tertiary/aromatic N) is 2. The Morgan fingerprint density at radius 1 is 1.25 bits per heavy atom. The van der Waals surface area contributed by atoms with E-state index in [1.165, 1.54) is 11.8 Å². The van der Waals surface area contributed by atoms with Gasteiger partial charge in [-0.25, -0.2) is 4.98 Å². The van der Waals surface area contributed by atoms with Crippen molar-refractivity contribution in [2.24, 2.45) is 35.6 Å². The third-order valence-corrected chi connectivity index (χ3v) is 11.2. The van der Waals surface area contributed by atoms with Crippen LogP contribution in [0.1, 0.15) is 46.0 Å². The molecule has 0 saturated heterocycles. The van der Waals surface area contributed by atoms with Crippen LogP contribution in [0.4, 0.5) is 0 Å². The number of thioether (sulfide) groups is 1. The number of allylic oxidation sites excluding steroid dienone is 4. The van der Waals surface area contributed by atoms with Crippen LogP contribution in [0.2, 0.25) is 0 Å². The number of benzene rings is 1. The Labute approximate surface area is 215 Å². The van der Waals surface area contributed by atoms with E-state index in [0.29, 0.717) is 12.8 Å². The molecule has 1 aromatic carbocycles. The molecule has 2 N–H and O–H groups in total. The molecule has 4 aliphatic carbocycles.